The van der Waals surface area contributed by atoms with Crippen molar-refractivity contribution in [3.8, 4) is 6.07 Å². The van der Waals surface area contributed by atoms with Crippen LogP contribution in [-0.4, -0.2) is 23.4 Å². The SMILES string of the molecule is [CH3][Sn]([CH3])([CH3])[c]1ccc(C#N)nc1. The zero-order chi connectivity index (χ0) is 9.19. The van der Waals surface area contributed by atoms with Gasteiger partial charge in [-0.25, -0.2) is 0 Å². The quantitative estimate of drug-likeness (QED) is 0.723. The van der Waals surface area contributed by atoms with Crippen LogP contribution in [0.25, 0.3) is 0 Å². The summed E-state index contributed by atoms with van der Waals surface area (Å²) in [5.41, 5.74) is 0.509. The Morgan fingerprint density at radius 3 is 2.33 bits per heavy atom. The average molecular weight is 267 g/mol. The van der Waals surface area contributed by atoms with Crippen LogP contribution in [0.2, 0.25) is 14.8 Å². The molecular weight excluding hydrogens is 255 g/mol. The summed E-state index contributed by atoms with van der Waals surface area (Å²) < 4.78 is 1.36. The molecule has 0 saturated heterocycles. The fourth-order valence-corrected chi connectivity index (χ4v) is 3.86. The van der Waals surface area contributed by atoms with Crippen molar-refractivity contribution in [1.82, 2.24) is 4.98 Å². The number of hydrogen-bond donors (Lipinski definition) is 0. The zero-order valence-corrected chi connectivity index (χ0v) is 10.5. The van der Waals surface area contributed by atoms with E-state index < -0.39 is 18.4 Å². The van der Waals surface area contributed by atoms with E-state index in [1.807, 2.05) is 18.3 Å². The van der Waals surface area contributed by atoms with E-state index >= 15 is 0 Å². The number of rotatable bonds is 1. The summed E-state index contributed by atoms with van der Waals surface area (Å²) in [4.78, 5) is 11.0. The van der Waals surface area contributed by atoms with Crippen molar-refractivity contribution < 1.29 is 0 Å². The fourth-order valence-electron chi connectivity index (χ4n) is 0.904. The number of hydrogen-bond acceptors (Lipinski definition) is 2. The van der Waals surface area contributed by atoms with Crippen LogP contribution < -0.4 is 3.58 Å². The van der Waals surface area contributed by atoms with Crippen LogP contribution in [0.4, 0.5) is 0 Å². The summed E-state index contributed by atoms with van der Waals surface area (Å²) in [6.45, 7) is 0. The number of nitrogens with zero attached hydrogens (tertiary/aromatic N) is 2. The second kappa shape index (κ2) is 3.44. The van der Waals surface area contributed by atoms with Crippen molar-refractivity contribution in [2.75, 3.05) is 0 Å². The van der Waals surface area contributed by atoms with Gasteiger partial charge in [0.1, 0.15) is 0 Å². The molecule has 2 nitrogen and oxygen atoms in total. The third-order valence-electron chi connectivity index (χ3n) is 1.74. The summed E-state index contributed by atoms with van der Waals surface area (Å²) in [7, 11) is 0. The first kappa shape index (κ1) is 9.53. The fraction of sp³-hybridized carbons (Fsp3) is 0.333. The Morgan fingerprint density at radius 1 is 1.33 bits per heavy atom. The molecule has 0 aromatic carbocycles. The van der Waals surface area contributed by atoms with E-state index in [-0.39, 0.29) is 0 Å². The summed E-state index contributed by atoms with van der Waals surface area (Å²) in [5, 5.41) is 8.54. The molecule has 1 heterocycles. The molecule has 0 aliphatic rings. The van der Waals surface area contributed by atoms with Gasteiger partial charge in [0.2, 0.25) is 0 Å². The van der Waals surface area contributed by atoms with E-state index in [1.54, 1.807) is 6.07 Å². The Morgan fingerprint density at radius 2 is 2.00 bits per heavy atom. The molecule has 12 heavy (non-hydrogen) atoms. The number of pyridine rings is 1. The molecule has 62 valence electrons. The third-order valence-corrected chi connectivity index (χ3v) is 7.53. The van der Waals surface area contributed by atoms with E-state index in [9.17, 15) is 0 Å². The molecule has 0 fully saturated rings. The molecular formula is C9H12N2Sn. The molecule has 0 bridgehead atoms. The Bertz CT molecular complexity index is 303. The monoisotopic (exact) mass is 268 g/mol. The van der Waals surface area contributed by atoms with Gasteiger partial charge in [0.25, 0.3) is 0 Å². The Kier molecular flexibility index (Phi) is 2.73. The molecule has 1 aromatic rings. The van der Waals surface area contributed by atoms with E-state index in [4.69, 9.17) is 5.26 Å². The number of nitriles is 1. The van der Waals surface area contributed by atoms with Crippen LogP contribution in [0.15, 0.2) is 18.3 Å². The van der Waals surface area contributed by atoms with E-state index in [0.29, 0.717) is 5.69 Å². The molecule has 0 saturated carbocycles. The Hall–Kier alpha value is -0.561. The average Bonchev–Trinajstić information content (AvgIpc) is 2.03. The predicted octanol–water partition coefficient (Wildman–Crippen LogP) is 1.50. The van der Waals surface area contributed by atoms with Gasteiger partial charge in [0, 0.05) is 0 Å². The summed E-state index contributed by atoms with van der Waals surface area (Å²) >= 11 is -1.93. The van der Waals surface area contributed by atoms with Crippen molar-refractivity contribution >= 4 is 22.0 Å². The number of aromatic nitrogens is 1. The molecule has 3 heteroatoms. The standard InChI is InChI=1S/C6H3N2.3CH3.Sn/c7-5-6-3-1-2-4-8-6;;;;/h1,3-4H;3*1H3;. The van der Waals surface area contributed by atoms with Crippen molar-refractivity contribution in [2.24, 2.45) is 0 Å². The zero-order valence-electron chi connectivity index (χ0n) is 7.63. The van der Waals surface area contributed by atoms with Crippen molar-refractivity contribution in [2.45, 2.75) is 14.8 Å². The molecule has 0 aliphatic carbocycles. The first-order valence-corrected chi connectivity index (χ1v) is 13.9. The van der Waals surface area contributed by atoms with Gasteiger partial charge in [-0.05, 0) is 0 Å². The molecule has 0 spiro atoms. The van der Waals surface area contributed by atoms with Gasteiger partial charge >= 0.3 is 77.1 Å². The van der Waals surface area contributed by atoms with Crippen LogP contribution >= 0.6 is 0 Å². The third kappa shape index (κ3) is 2.21. The van der Waals surface area contributed by atoms with Gasteiger partial charge in [0.15, 0.2) is 0 Å². The minimum absolute atomic E-state index is 0.509. The minimum atomic E-state index is -1.93. The van der Waals surface area contributed by atoms with Gasteiger partial charge < -0.3 is 0 Å². The summed E-state index contributed by atoms with van der Waals surface area (Å²) in [6, 6.07) is 5.86. The second-order valence-electron chi connectivity index (χ2n) is 3.79. The predicted molar refractivity (Wildman–Crippen MR) is 51.9 cm³/mol. The van der Waals surface area contributed by atoms with E-state index in [0.717, 1.165) is 0 Å². The van der Waals surface area contributed by atoms with Gasteiger partial charge in [-0.15, -0.1) is 0 Å². The first-order chi connectivity index (χ1) is 5.54. The van der Waals surface area contributed by atoms with Crippen LogP contribution in [0.5, 0.6) is 0 Å². The van der Waals surface area contributed by atoms with Crippen LogP contribution in [0.3, 0.4) is 0 Å². The van der Waals surface area contributed by atoms with E-state index in [2.05, 4.69) is 19.8 Å². The molecule has 0 atom stereocenters. The topological polar surface area (TPSA) is 36.7 Å². The maximum absolute atomic E-state index is 8.54. The molecule has 0 N–H and O–H groups in total. The molecule has 1 rings (SSSR count). The Labute approximate surface area is 77.1 Å². The van der Waals surface area contributed by atoms with Gasteiger partial charge in [-0.1, -0.05) is 0 Å². The molecule has 0 radical (unpaired) electrons. The van der Waals surface area contributed by atoms with Crippen LogP contribution in [-0.2, 0) is 0 Å². The summed E-state index contributed by atoms with van der Waals surface area (Å²) in [5.74, 6) is 0. The van der Waals surface area contributed by atoms with E-state index in [1.165, 1.54) is 3.58 Å². The van der Waals surface area contributed by atoms with Crippen molar-refractivity contribution in [1.29, 1.82) is 5.26 Å². The van der Waals surface area contributed by atoms with Crippen molar-refractivity contribution in [3.05, 3.63) is 24.0 Å². The van der Waals surface area contributed by atoms with Gasteiger partial charge in [-0.2, -0.15) is 0 Å². The molecule has 0 aliphatic heterocycles. The first-order valence-electron chi connectivity index (χ1n) is 3.90. The molecule has 0 amide bonds. The molecule has 1 aromatic heterocycles. The Balaban J connectivity index is 3.02. The van der Waals surface area contributed by atoms with Crippen LogP contribution in [0, 0.1) is 11.3 Å². The molecule has 0 unspecified atom stereocenters. The normalized spacial score (nSPS) is 10.8. The van der Waals surface area contributed by atoms with Crippen molar-refractivity contribution in [3.63, 3.8) is 0 Å². The van der Waals surface area contributed by atoms with Crippen LogP contribution in [0.1, 0.15) is 5.69 Å². The van der Waals surface area contributed by atoms with Gasteiger partial charge in [0.05, 0.1) is 0 Å². The maximum atomic E-state index is 8.54. The van der Waals surface area contributed by atoms with Gasteiger partial charge in [-0.3, -0.25) is 0 Å². The second-order valence-corrected chi connectivity index (χ2v) is 18.3. The summed E-state index contributed by atoms with van der Waals surface area (Å²) in [6.07, 6.45) is 1.86.